The van der Waals surface area contributed by atoms with Crippen LogP contribution in [0.5, 0.6) is 0 Å². The number of aromatic nitrogens is 1. The van der Waals surface area contributed by atoms with E-state index >= 15 is 0 Å². The molecule has 26 heavy (non-hydrogen) atoms. The van der Waals surface area contributed by atoms with Crippen LogP contribution in [0, 0.1) is 0 Å². The number of amides is 1. The third-order valence-corrected chi connectivity index (χ3v) is 6.18. The second-order valence-corrected chi connectivity index (χ2v) is 9.33. The summed E-state index contributed by atoms with van der Waals surface area (Å²) in [5.74, 6) is -0.382. The maximum atomic E-state index is 12.5. The van der Waals surface area contributed by atoms with Gasteiger partial charge in [0, 0.05) is 23.4 Å². The number of benzene rings is 2. The van der Waals surface area contributed by atoms with Crippen molar-refractivity contribution in [2.75, 3.05) is 6.26 Å². The van der Waals surface area contributed by atoms with Crippen LogP contribution >= 0.6 is 22.9 Å². The molecule has 5 nitrogen and oxygen atoms in total. The van der Waals surface area contributed by atoms with Crippen LogP contribution in [0.1, 0.15) is 23.7 Å². The Hall–Kier alpha value is -1.96. The van der Waals surface area contributed by atoms with Crippen LogP contribution in [0.15, 0.2) is 52.4 Å². The molecule has 0 aliphatic carbocycles. The van der Waals surface area contributed by atoms with Gasteiger partial charge in [0.15, 0.2) is 14.6 Å². The third kappa shape index (κ3) is 3.90. The van der Waals surface area contributed by atoms with Crippen molar-refractivity contribution in [2.24, 2.45) is 4.99 Å². The highest BCUT2D eigenvalue weighted by Crippen LogP contribution is 2.22. The molecule has 136 valence electrons. The van der Waals surface area contributed by atoms with Gasteiger partial charge < -0.3 is 4.57 Å². The molecule has 2 aromatic carbocycles. The number of sulfone groups is 1. The molecule has 0 bridgehead atoms. The second-order valence-electron chi connectivity index (χ2n) is 5.87. The average Bonchev–Trinajstić information content (AvgIpc) is 2.91. The summed E-state index contributed by atoms with van der Waals surface area (Å²) >= 11 is 7.24. The number of fused-ring (bicyclic) bond motifs is 1. The molecule has 0 radical (unpaired) electrons. The number of aryl methyl sites for hydroxylation is 1. The molecule has 1 heterocycles. The molecule has 0 N–H and O–H groups in total. The number of rotatable bonds is 4. The monoisotopic (exact) mass is 408 g/mol. The number of halogens is 1. The van der Waals surface area contributed by atoms with Gasteiger partial charge in [-0.05, 0) is 42.8 Å². The van der Waals surface area contributed by atoms with E-state index in [1.807, 2.05) is 11.5 Å². The van der Waals surface area contributed by atoms with Gasteiger partial charge in [-0.2, -0.15) is 4.99 Å². The lowest BCUT2D eigenvalue weighted by molar-refractivity contribution is 0.0998. The van der Waals surface area contributed by atoms with Crippen molar-refractivity contribution in [1.82, 2.24) is 4.57 Å². The Morgan fingerprint density at radius 3 is 2.65 bits per heavy atom. The van der Waals surface area contributed by atoms with Gasteiger partial charge in [-0.3, -0.25) is 4.79 Å². The van der Waals surface area contributed by atoms with Crippen molar-refractivity contribution in [2.45, 2.75) is 24.8 Å². The van der Waals surface area contributed by atoms with Crippen LogP contribution in [0.3, 0.4) is 0 Å². The fraction of sp³-hybridized carbons (Fsp3) is 0.222. The van der Waals surface area contributed by atoms with E-state index in [1.54, 1.807) is 42.5 Å². The van der Waals surface area contributed by atoms with Gasteiger partial charge in [0.2, 0.25) is 0 Å². The van der Waals surface area contributed by atoms with Crippen LogP contribution < -0.4 is 4.80 Å². The van der Waals surface area contributed by atoms with Gasteiger partial charge in [-0.1, -0.05) is 35.9 Å². The van der Waals surface area contributed by atoms with Gasteiger partial charge in [0.05, 0.1) is 15.1 Å². The first-order valence-corrected chi connectivity index (χ1v) is 11.1. The van der Waals surface area contributed by atoms with Crippen molar-refractivity contribution in [1.29, 1.82) is 0 Å². The van der Waals surface area contributed by atoms with Crippen molar-refractivity contribution in [3.63, 3.8) is 0 Å². The van der Waals surface area contributed by atoms with Gasteiger partial charge in [0.25, 0.3) is 5.91 Å². The van der Waals surface area contributed by atoms with Crippen molar-refractivity contribution < 1.29 is 13.2 Å². The van der Waals surface area contributed by atoms with E-state index < -0.39 is 9.84 Å². The molecular weight excluding hydrogens is 392 g/mol. The largest absolute Gasteiger partial charge is 0.316 e. The standard InChI is InChI=1S/C18H17ClN2O3S2/c1-3-9-21-15-8-7-14(26(2,23)24)11-16(15)25-18(21)20-17(22)12-5-4-6-13(19)10-12/h4-8,10-11H,3,9H2,1-2H3. The fourth-order valence-corrected chi connectivity index (χ4v) is 4.59. The van der Waals surface area contributed by atoms with Crippen LogP contribution in [-0.2, 0) is 16.4 Å². The van der Waals surface area contributed by atoms with E-state index in [0.29, 0.717) is 21.9 Å². The molecule has 0 unspecified atom stereocenters. The summed E-state index contributed by atoms with van der Waals surface area (Å²) in [7, 11) is -3.30. The Morgan fingerprint density at radius 2 is 2.00 bits per heavy atom. The quantitative estimate of drug-likeness (QED) is 0.657. The summed E-state index contributed by atoms with van der Waals surface area (Å²) in [5, 5.41) is 0.474. The zero-order valence-corrected chi connectivity index (χ0v) is 16.7. The first-order chi connectivity index (χ1) is 12.3. The molecule has 1 amide bonds. The molecule has 0 aliphatic heterocycles. The molecular formula is C18H17ClN2O3S2. The zero-order chi connectivity index (χ0) is 18.9. The van der Waals surface area contributed by atoms with E-state index in [9.17, 15) is 13.2 Å². The molecule has 1 aromatic heterocycles. The summed E-state index contributed by atoms with van der Waals surface area (Å²) in [6.07, 6.45) is 2.04. The predicted molar refractivity (Wildman–Crippen MR) is 105 cm³/mol. The Morgan fingerprint density at radius 1 is 1.23 bits per heavy atom. The van der Waals surface area contributed by atoms with Crippen molar-refractivity contribution >= 4 is 48.9 Å². The number of carbonyl (C=O) groups is 1. The average molecular weight is 409 g/mol. The SMILES string of the molecule is CCCn1c(=NC(=O)c2cccc(Cl)c2)sc2cc(S(C)(=O)=O)ccc21. The van der Waals surface area contributed by atoms with Gasteiger partial charge in [-0.25, -0.2) is 8.42 Å². The smallest absolute Gasteiger partial charge is 0.279 e. The number of nitrogens with zero attached hydrogens (tertiary/aromatic N) is 2. The molecule has 0 saturated heterocycles. The Labute approximate surface area is 160 Å². The van der Waals surface area contributed by atoms with Crippen LogP contribution in [0.25, 0.3) is 10.2 Å². The van der Waals surface area contributed by atoms with E-state index in [0.717, 1.165) is 16.6 Å². The molecule has 3 rings (SSSR count). The lowest BCUT2D eigenvalue weighted by atomic mass is 10.2. The number of hydrogen-bond donors (Lipinski definition) is 0. The fourth-order valence-electron chi connectivity index (χ4n) is 2.58. The molecule has 3 aromatic rings. The summed E-state index contributed by atoms with van der Waals surface area (Å²) in [5.41, 5.74) is 1.27. The minimum Gasteiger partial charge on any atom is -0.316 e. The molecule has 0 fully saturated rings. The van der Waals surface area contributed by atoms with E-state index in [-0.39, 0.29) is 10.8 Å². The Kier molecular flexibility index (Phi) is 5.32. The van der Waals surface area contributed by atoms with E-state index in [1.165, 1.54) is 17.6 Å². The minimum absolute atomic E-state index is 0.252. The molecule has 0 atom stereocenters. The van der Waals surface area contributed by atoms with Gasteiger partial charge in [-0.15, -0.1) is 0 Å². The molecule has 0 saturated carbocycles. The maximum absolute atomic E-state index is 12.5. The third-order valence-electron chi connectivity index (χ3n) is 3.80. The van der Waals surface area contributed by atoms with Crippen LogP contribution in [0.2, 0.25) is 5.02 Å². The molecule has 0 aliphatic rings. The summed E-state index contributed by atoms with van der Waals surface area (Å²) in [6, 6.07) is 11.6. The first-order valence-electron chi connectivity index (χ1n) is 7.97. The Balaban J connectivity index is 2.17. The predicted octanol–water partition coefficient (Wildman–Crippen LogP) is 3.91. The molecule has 8 heteroatoms. The van der Waals surface area contributed by atoms with E-state index in [2.05, 4.69) is 4.99 Å². The lowest BCUT2D eigenvalue weighted by Gasteiger charge is -2.03. The van der Waals surface area contributed by atoms with Crippen LogP contribution in [0.4, 0.5) is 0 Å². The normalized spacial score (nSPS) is 12.7. The Bertz CT molecular complexity index is 1160. The second kappa shape index (κ2) is 7.34. The van der Waals surface area contributed by atoms with E-state index in [4.69, 9.17) is 11.6 Å². The summed E-state index contributed by atoms with van der Waals surface area (Å²) < 4.78 is 26.3. The maximum Gasteiger partial charge on any atom is 0.279 e. The minimum atomic E-state index is -3.30. The topological polar surface area (TPSA) is 68.5 Å². The number of thiazole rings is 1. The molecule has 0 spiro atoms. The first kappa shape index (κ1) is 18.8. The highest BCUT2D eigenvalue weighted by Gasteiger charge is 2.13. The van der Waals surface area contributed by atoms with Crippen LogP contribution in [-0.4, -0.2) is 25.1 Å². The highest BCUT2D eigenvalue weighted by atomic mass is 35.5. The lowest BCUT2D eigenvalue weighted by Crippen LogP contribution is -2.16. The zero-order valence-electron chi connectivity index (χ0n) is 14.3. The summed E-state index contributed by atoms with van der Waals surface area (Å²) in [4.78, 5) is 17.5. The van der Waals surface area contributed by atoms with Gasteiger partial charge in [0.1, 0.15) is 0 Å². The summed E-state index contributed by atoms with van der Waals surface area (Å²) in [6.45, 7) is 2.71. The van der Waals surface area contributed by atoms with Crippen molar-refractivity contribution in [3.8, 4) is 0 Å². The van der Waals surface area contributed by atoms with Crippen molar-refractivity contribution in [3.05, 3.63) is 57.9 Å². The van der Waals surface area contributed by atoms with Gasteiger partial charge >= 0.3 is 0 Å². The highest BCUT2D eigenvalue weighted by molar-refractivity contribution is 7.90. The number of hydrogen-bond acceptors (Lipinski definition) is 4. The number of carbonyl (C=O) groups excluding carboxylic acids is 1.